The van der Waals surface area contributed by atoms with Gasteiger partial charge in [0.25, 0.3) is 11.5 Å². The first-order chi connectivity index (χ1) is 14.3. The van der Waals surface area contributed by atoms with Crippen molar-refractivity contribution in [3.8, 4) is 5.69 Å². The molecule has 0 aliphatic heterocycles. The number of benzene rings is 2. The Bertz CT molecular complexity index is 1200. The van der Waals surface area contributed by atoms with Gasteiger partial charge >= 0.3 is 5.69 Å². The average Bonchev–Trinajstić information content (AvgIpc) is 2.72. The van der Waals surface area contributed by atoms with Crippen molar-refractivity contribution >= 4 is 5.91 Å². The van der Waals surface area contributed by atoms with Gasteiger partial charge in [-0.3, -0.25) is 14.2 Å². The normalized spacial score (nSPS) is 11.9. The van der Waals surface area contributed by atoms with E-state index in [-0.39, 0.29) is 18.2 Å². The van der Waals surface area contributed by atoms with Gasteiger partial charge in [-0.05, 0) is 44.0 Å². The molecule has 0 unspecified atom stereocenters. The van der Waals surface area contributed by atoms with Gasteiger partial charge in [0, 0.05) is 11.6 Å². The number of hydrogen-bond acceptors (Lipinski definition) is 4. The molecular weight excluding hydrogens is 387 g/mol. The quantitative estimate of drug-likeness (QED) is 0.676. The van der Waals surface area contributed by atoms with Crippen molar-refractivity contribution in [2.24, 2.45) is 0 Å². The van der Waals surface area contributed by atoms with Crippen LogP contribution in [0.2, 0.25) is 0 Å². The van der Waals surface area contributed by atoms with Crippen LogP contribution in [0.4, 0.5) is 4.39 Å². The monoisotopic (exact) mass is 410 g/mol. The Kier molecular flexibility index (Phi) is 6.25. The summed E-state index contributed by atoms with van der Waals surface area (Å²) in [5, 5.41) is 6.75. The van der Waals surface area contributed by atoms with Gasteiger partial charge in [0.05, 0.1) is 12.2 Å². The zero-order valence-electron chi connectivity index (χ0n) is 17.1. The van der Waals surface area contributed by atoms with Crippen molar-refractivity contribution < 1.29 is 9.18 Å². The smallest absolute Gasteiger partial charge is 0.348 e. The fraction of sp³-hybridized carbons (Fsp3) is 0.273. The van der Waals surface area contributed by atoms with Gasteiger partial charge < -0.3 is 5.32 Å². The second-order valence-corrected chi connectivity index (χ2v) is 7.15. The standard InChI is InChI=1S/C22H23FN4O3/c1-4-15(3)24-20(28)19-21(29)26(13-16-9-5-6-11-18(16)23)22(30)27(25-19)17-10-7-8-14(2)12-17/h5-12,15H,4,13H2,1-3H3,(H,24,28)/t15-/m1/s1. The Morgan fingerprint density at radius 3 is 2.57 bits per heavy atom. The van der Waals surface area contributed by atoms with Gasteiger partial charge in [-0.25, -0.2) is 9.18 Å². The summed E-state index contributed by atoms with van der Waals surface area (Å²) in [5.41, 5.74) is -0.611. The third kappa shape index (κ3) is 4.37. The molecule has 1 heterocycles. The first kappa shape index (κ1) is 21.2. The van der Waals surface area contributed by atoms with E-state index < -0.39 is 28.7 Å². The number of halogens is 1. The molecule has 7 nitrogen and oxygen atoms in total. The van der Waals surface area contributed by atoms with Gasteiger partial charge in [-0.15, -0.1) is 0 Å². The first-order valence-corrected chi connectivity index (χ1v) is 9.67. The zero-order chi connectivity index (χ0) is 21.8. The molecule has 0 bridgehead atoms. The largest absolute Gasteiger partial charge is 0.352 e. The highest BCUT2D eigenvalue weighted by atomic mass is 19.1. The van der Waals surface area contributed by atoms with E-state index in [1.54, 1.807) is 31.2 Å². The van der Waals surface area contributed by atoms with Crippen LogP contribution in [0.5, 0.6) is 0 Å². The number of carbonyl (C=O) groups is 1. The summed E-state index contributed by atoms with van der Waals surface area (Å²) < 4.78 is 16.0. The van der Waals surface area contributed by atoms with E-state index in [9.17, 15) is 18.8 Å². The Morgan fingerprint density at radius 2 is 1.90 bits per heavy atom. The van der Waals surface area contributed by atoms with Gasteiger partial charge in [-0.2, -0.15) is 9.78 Å². The molecule has 0 radical (unpaired) electrons. The zero-order valence-corrected chi connectivity index (χ0v) is 17.1. The van der Waals surface area contributed by atoms with Gasteiger partial charge in [-0.1, -0.05) is 37.3 Å². The summed E-state index contributed by atoms with van der Waals surface area (Å²) >= 11 is 0. The van der Waals surface area contributed by atoms with E-state index in [0.717, 1.165) is 14.8 Å². The highest BCUT2D eigenvalue weighted by molar-refractivity contribution is 5.91. The summed E-state index contributed by atoms with van der Waals surface area (Å²) in [6, 6.07) is 12.6. The number of nitrogens with one attached hydrogen (secondary N) is 1. The molecular formula is C22H23FN4O3. The number of nitrogens with zero attached hydrogens (tertiary/aromatic N) is 3. The van der Waals surface area contributed by atoms with Crippen molar-refractivity contribution in [1.29, 1.82) is 0 Å². The third-order valence-electron chi connectivity index (χ3n) is 4.80. The molecule has 0 aliphatic carbocycles. The van der Waals surface area contributed by atoms with Crippen molar-refractivity contribution in [1.82, 2.24) is 19.7 Å². The van der Waals surface area contributed by atoms with Crippen molar-refractivity contribution in [3.63, 3.8) is 0 Å². The van der Waals surface area contributed by atoms with Crippen LogP contribution in [-0.4, -0.2) is 26.3 Å². The van der Waals surface area contributed by atoms with E-state index in [0.29, 0.717) is 12.1 Å². The van der Waals surface area contributed by atoms with Crippen molar-refractivity contribution in [3.05, 3.63) is 92.0 Å². The molecule has 0 saturated heterocycles. The summed E-state index contributed by atoms with van der Waals surface area (Å²) in [7, 11) is 0. The molecule has 0 spiro atoms. The van der Waals surface area contributed by atoms with Crippen LogP contribution in [0, 0.1) is 12.7 Å². The van der Waals surface area contributed by atoms with Crippen LogP contribution in [0.25, 0.3) is 5.69 Å². The number of carbonyl (C=O) groups excluding carboxylic acids is 1. The molecule has 3 rings (SSSR count). The van der Waals surface area contributed by atoms with Crippen LogP contribution >= 0.6 is 0 Å². The lowest BCUT2D eigenvalue weighted by molar-refractivity contribution is 0.0929. The fourth-order valence-corrected chi connectivity index (χ4v) is 2.92. The van der Waals surface area contributed by atoms with Gasteiger partial charge in [0.15, 0.2) is 0 Å². The predicted octanol–water partition coefficient (Wildman–Crippen LogP) is 2.42. The molecule has 3 aromatic rings. The maximum atomic E-state index is 14.2. The summed E-state index contributed by atoms with van der Waals surface area (Å²) in [5.74, 6) is -1.23. The fourth-order valence-electron chi connectivity index (χ4n) is 2.92. The van der Waals surface area contributed by atoms with Crippen molar-refractivity contribution in [2.45, 2.75) is 39.8 Å². The van der Waals surface area contributed by atoms with Crippen LogP contribution in [0.1, 0.15) is 41.9 Å². The predicted molar refractivity (Wildman–Crippen MR) is 112 cm³/mol. The van der Waals surface area contributed by atoms with Crippen molar-refractivity contribution in [2.75, 3.05) is 0 Å². The lowest BCUT2D eigenvalue weighted by Gasteiger charge is -2.14. The lowest BCUT2D eigenvalue weighted by atomic mass is 10.2. The molecule has 2 aromatic carbocycles. The van der Waals surface area contributed by atoms with Crippen LogP contribution < -0.4 is 16.6 Å². The lowest BCUT2D eigenvalue weighted by Crippen LogP contribution is -2.47. The first-order valence-electron chi connectivity index (χ1n) is 9.67. The highest BCUT2D eigenvalue weighted by Crippen LogP contribution is 2.09. The molecule has 30 heavy (non-hydrogen) atoms. The minimum atomic E-state index is -0.868. The van der Waals surface area contributed by atoms with Gasteiger partial charge in [0.2, 0.25) is 5.69 Å². The molecule has 1 N–H and O–H groups in total. The Labute approximate surface area is 172 Å². The minimum absolute atomic E-state index is 0.159. The minimum Gasteiger partial charge on any atom is -0.348 e. The van der Waals surface area contributed by atoms with E-state index >= 15 is 0 Å². The Balaban J connectivity index is 2.22. The molecule has 8 heteroatoms. The van der Waals surface area contributed by atoms with Gasteiger partial charge in [0.1, 0.15) is 5.82 Å². The topological polar surface area (TPSA) is 86.0 Å². The van der Waals surface area contributed by atoms with E-state index in [4.69, 9.17) is 0 Å². The van der Waals surface area contributed by atoms with E-state index in [2.05, 4.69) is 10.4 Å². The molecule has 1 amide bonds. The Morgan fingerprint density at radius 1 is 1.17 bits per heavy atom. The SMILES string of the molecule is CC[C@@H](C)NC(=O)c1nn(-c2cccc(C)c2)c(=O)n(Cc2ccccc2F)c1=O. The molecule has 156 valence electrons. The molecule has 0 fully saturated rings. The number of aromatic nitrogens is 3. The van der Waals surface area contributed by atoms with Crippen LogP contribution in [0.15, 0.2) is 58.1 Å². The second-order valence-electron chi connectivity index (χ2n) is 7.15. The molecule has 0 aliphatic rings. The summed E-state index contributed by atoms with van der Waals surface area (Å²) in [6.45, 7) is 5.22. The summed E-state index contributed by atoms with van der Waals surface area (Å²) in [4.78, 5) is 38.7. The van der Waals surface area contributed by atoms with E-state index in [1.165, 1.54) is 18.2 Å². The highest BCUT2D eigenvalue weighted by Gasteiger charge is 2.22. The number of rotatable bonds is 6. The van der Waals surface area contributed by atoms with Crippen LogP contribution in [-0.2, 0) is 6.54 Å². The Hall–Kier alpha value is -3.55. The third-order valence-corrected chi connectivity index (χ3v) is 4.80. The maximum Gasteiger partial charge on any atom is 0.352 e. The average molecular weight is 410 g/mol. The number of hydrogen-bond donors (Lipinski definition) is 1. The number of aryl methyl sites for hydroxylation is 1. The maximum absolute atomic E-state index is 14.2. The molecule has 1 atom stereocenters. The summed E-state index contributed by atoms with van der Waals surface area (Å²) in [6.07, 6.45) is 0.659. The second kappa shape index (κ2) is 8.86. The molecule has 0 saturated carbocycles. The number of amides is 1. The van der Waals surface area contributed by atoms with E-state index in [1.807, 2.05) is 19.9 Å². The molecule has 1 aromatic heterocycles. The van der Waals surface area contributed by atoms with Crippen LogP contribution in [0.3, 0.4) is 0 Å².